The van der Waals surface area contributed by atoms with E-state index < -0.39 is 0 Å². The van der Waals surface area contributed by atoms with Gasteiger partial charge in [0.1, 0.15) is 5.75 Å². The Morgan fingerprint density at radius 3 is 2.71 bits per heavy atom. The third-order valence-corrected chi connectivity index (χ3v) is 4.50. The van der Waals surface area contributed by atoms with E-state index in [-0.39, 0.29) is 5.91 Å². The lowest BCUT2D eigenvalue weighted by molar-refractivity contribution is -0.121. The zero-order valence-electron chi connectivity index (χ0n) is 15.3. The maximum absolute atomic E-state index is 11.9. The Bertz CT molecular complexity index is 525. The first kappa shape index (κ1) is 18.7. The predicted octanol–water partition coefficient (Wildman–Crippen LogP) is 1.83. The molecular formula is C19H31N3O2. The van der Waals surface area contributed by atoms with Gasteiger partial charge in [0.15, 0.2) is 0 Å². The molecule has 1 heterocycles. The van der Waals surface area contributed by atoms with Crippen molar-refractivity contribution in [2.45, 2.75) is 26.7 Å². The minimum atomic E-state index is 0.0682. The topological polar surface area (TPSA) is 44.8 Å². The van der Waals surface area contributed by atoms with Gasteiger partial charge in [-0.1, -0.05) is 12.1 Å². The monoisotopic (exact) mass is 333 g/mol. The molecule has 0 saturated carbocycles. The molecule has 1 fully saturated rings. The van der Waals surface area contributed by atoms with E-state index in [1.54, 1.807) is 0 Å². The van der Waals surface area contributed by atoms with Crippen molar-refractivity contribution >= 4 is 5.91 Å². The second kappa shape index (κ2) is 9.64. The van der Waals surface area contributed by atoms with E-state index in [4.69, 9.17) is 4.74 Å². The normalized spacial score (nSPS) is 16.1. The minimum absolute atomic E-state index is 0.0682. The maximum Gasteiger partial charge on any atom is 0.223 e. The Kier molecular flexibility index (Phi) is 7.53. The smallest absolute Gasteiger partial charge is 0.223 e. The van der Waals surface area contributed by atoms with Crippen LogP contribution in [-0.2, 0) is 4.79 Å². The number of amides is 1. The number of hydrogen-bond acceptors (Lipinski definition) is 4. The van der Waals surface area contributed by atoms with Crippen LogP contribution in [0.1, 0.15) is 24.0 Å². The molecule has 1 aromatic rings. The van der Waals surface area contributed by atoms with Crippen LogP contribution in [0.15, 0.2) is 18.2 Å². The maximum atomic E-state index is 11.9. The molecule has 0 atom stereocenters. The van der Waals surface area contributed by atoms with Gasteiger partial charge >= 0.3 is 0 Å². The van der Waals surface area contributed by atoms with E-state index in [2.05, 4.69) is 28.2 Å². The molecule has 5 nitrogen and oxygen atoms in total. The molecule has 1 aromatic carbocycles. The molecule has 5 heteroatoms. The zero-order chi connectivity index (χ0) is 17.4. The highest BCUT2D eigenvalue weighted by molar-refractivity contribution is 5.75. The van der Waals surface area contributed by atoms with Gasteiger partial charge in [0.2, 0.25) is 5.91 Å². The zero-order valence-corrected chi connectivity index (χ0v) is 15.3. The van der Waals surface area contributed by atoms with Gasteiger partial charge in [0.25, 0.3) is 0 Å². The molecule has 0 aromatic heterocycles. The van der Waals surface area contributed by atoms with E-state index in [0.717, 1.165) is 57.0 Å². The molecule has 1 amide bonds. The van der Waals surface area contributed by atoms with E-state index in [1.165, 1.54) is 5.56 Å². The Hall–Kier alpha value is -1.59. The standard InChI is InChI=1S/C19H31N3O2/c1-16-5-6-17(2)18(15-16)24-14-7-19(23)20-8-4-9-22-12-10-21(3)11-13-22/h5-6,15H,4,7-14H2,1-3H3,(H,20,23). The van der Waals surface area contributed by atoms with Crippen molar-refractivity contribution in [3.63, 3.8) is 0 Å². The summed E-state index contributed by atoms with van der Waals surface area (Å²) in [6, 6.07) is 6.13. The minimum Gasteiger partial charge on any atom is -0.493 e. The van der Waals surface area contributed by atoms with E-state index in [0.29, 0.717) is 13.0 Å². The third kappa shape index (κ3) is 6.49. The molecule has 0 aliphatic carbocycles. The highest BCUT2D eigenvalue weighted by Crippen LogP contribution is 2.19. The summed E-state index contributed by atoms with van der Waals surface area (Å²) in [5, 5.41) is 2.99. The fourth-order valence-corrected chi connectivity index (χ4v) is 2.81. The molecule has 1 aliphatic rings. The van der Waals surface area contributed by atoms with Gasteiger partial charge in [0.05, 0.1) is 13.0 Å². The average Bonchev–Trinajstić information content (AvgIpc) is 2.56. The van der Waals surface area contributed by atoms with Gasteiger partial charge in [-0.05, 0) is 51.1 Å². The first-order valence-electron chi connectivity index (χ1n) is 8.92. The number of likely N-dealkylation sites (N-methyl/N-ethyl adjacent to an activating group) is 1. The molecule has 24 heavy (non-hydrogen) atoms. The Morgan fingerprint density at radius 2 is 1.96 bits per heavy atom. The summed E-state index contributed by atoms with van der Waals surface area (Å²) >= 11 is 0. The van der Waals surface area contributed by atoms with E-state index >= 15 is 0 Å². The lowest BCUT2D eigenvalue weighted by Crippen LogP contribution is -2.45. The van der Waals surface area contributed by atoms with E-state index in [1.807, 2.05) is 26.0 Å². The van der Waals surface area contributed by atoms with E-state index in [9.17, 15) is 4.79 Å². The lowest BCUT2D eigenvalue weighted by Gasteiger charge is -2.32. The van der Waals surface area contributed by atoms with Crippen molar-refractivity contribution in [3.05, 3.63) is 29.3 Å². The summed E-state index contributed by atoms with van der Waals surface area (Å²) in [6.07, 6.45) is 1.41. The van der Waals surface area contributed by atoms with Crippen molar-refractivity contribution < 1.29 is 9.53 Å². The number of aryl methyl sites for hydroxylation is 2. The molecule has 1 saturated heterocycles. The molecule has 0 spiro atoms. The number of rotatable bonds is 8. The fourth-order valence-electron chi connectivity index (χ4n) is 2.81. The first-order chi connectivity index (χ1) is 11.5. The molecular weight excluding hydrogens is 302 g/mol. The van der Waals surface area contributed by atoms with Gasteiger partial charge in [-0.3, -0.25) is 4.79 Å². The number of hydrogen-bond donors (Lipinski definition) is 1. The summed E-state index contributed by atoms with van der Waals surface area (Å²) < 4.78 is 5.73. The highest BCUT2D eigenvalue weighted by atomic mass is 16.5. The summed E-state index contributed by atoms with van der Waals surface area (Å²) in [4.78, 5) is 16.7. The van der Waals surface area contributed by atoms with Crippen LogP contribution in [0.25, 0.3) is 0 Å². The first-order valence-corrected chi connectivity index (χ1v) is 8.92. The van der Waals surface area contributed by atoms with Crippen molar-refractivity contribution in [2.24, 2.45) is 0 Å². The SMILES string of the molecule is Cc1ccc(C)c(OCCC(=O)NCCCN2CCN(C)CC2)c1. The second-order valence-electron chi connectivity index (χ2n) is 6.72. The molecule has 134 valence electrons. The van der Waals surface area contributed by atoms with Gasteiger partial charge in [-0.15, -0.1) is 0 Å². The summed E-state index contributed by atoms with van der Waals surface area (Å²) in [5.74, 6) is 0.941. The highest BCUT2D eigenvalue weighted by Gasteiger charge is 2.12. The second-order valence-corrected chi connectivity index (χ2v) is 6.72. The third-order valence-electron chi connectivity index (χ3n) is 4.50. The number of ether oxygens (including phenoxy) is 1. The van der Waals surface area contributed by atoms with Crippen molar-refractivity contribution in [1.82, 2.24) is 15.1 Å². The van der Waals surface area contributed by atoms with Crippen molar-refractivity contribution in [1.29, 1.82) is 0 Å². The number of carbonyl (C=O) groups is 1. The average molecular weight is 333 g/mol. The number of nitrogens with one attached hydrogen (secondary N) is 1. The van der Waals surface area contributed by atoms with Crippen LogP contribution >= 0.6 is 0 Å². The molecule has 0 bridgehead atoms. The van der Waals surface area contributed by atoms with Crippen LogP contribution in [0.3, 0.4) is 0 Å². The van der Waals surface area contributed by atoms with Crippen LogP contribution in [0.2, 0.25) is 0 Å². The summed E-state index contributed by atoms with van der Waals surface area (Å²) in [6.45, 7) is 10.8. The quantitative estimate of drug-likeness (QED) is 0.737. The van der Waals surface area contributed by atoms with Crippen LogP contribution in [0.4, 0.5) is 0 Å². The van der Waals surface area contributed by atoms with Gasteiger partial charge in [-0.25, -0.2) is 0 Å². The van der Waals surface area contributed by atoms with Gasteiger partial charge < -0.3 is 19.9 Å². The van der Waals surface area contributed by atoms with Crippen LogP contribution in [0.5, 0.6) is 5.75 Å². The Labute approximate surface area is 146 Å². The lowest BCUT2D eigenvalue weighted by atomic mass is 10.1. The van der Waals surface area contributed by atoms with Crippen LogP contribution in [0, 0.1) is 13.8 Å². The summed E-state index contributed by atoms with van der Waals surface area (Å²) in [7, 11) is 2.16. The summed E-state index contributed by atoms with van der Waals surface area (Å²) in [5.41, 5.74) is 2.28. The number of piperazine rings is 1. The van der Waals surface area contributed by atoms with Gasteiger partial charge in [0, 0.05) is 32.7 Å². The van der Waals surface area contributed by atoms with Crippen LogP contribution in [-0.4, -0.2) is 68.6 Å². The molecule has 2 rings (SSSR count). The predicted molar refractivity (Wildman–Crippen MR) is 97.6 cm³/mol. The van der Waals surface area contributed by atoms with Crippen molar-refractivity contribution in [3.8, 4) is 5.75 Å². The van der Waals surface area contributed by atoms with Crippen molar-refractivity contribution in [2.75, 3.05) is 52.9 Å². The Morgan fingerprint density at radius 1 is 1.21 bits per heavy atom. The van der Waals surface area contributed by atoms with Crippen LogP contribution < -0.4 is 10.1 Å². The number of nitrogens with zero attached hydrogens (tertiary/aromatic N) is 2. The molecule has 1 aliphatic heterocycles. The largest absolute Gasteiger partial charge is 0.493 e. The molecule has 1 N–H and O–H groups in total. The molecule has 0 unspecified atom stereocenters. The number of carbonyl (C=O) groups excluding carboxylic acids is 1. The fraction of sp³-hybridized carbons (Fsp3) is 0.632. The van der Waals surface area contributed by atoms with Gasteiger partial charge in [-0.2, -0.15) is 0 Å². The Balaban J connectivity index is 1.54. The molecule has 0 radical (unpaired) electrons. The number of benzene rings is 1.